The highest BCUT2D eigenvalue weighted by Gasteiger charge is 2.27. The Kier molecular flexibility index (Phi) is 8.38. The molecule has 4 rings (SSSR count). The number of ether oxygens (including phenoxy) is 1. The summed E-state index contributed by atoms with van der Waals surface area (Å²) >= 11 is 0. The zero-order valence-corrected chi connectivity index (χ0v) is 20.9. The van der Waals surface area contributed by atoms with Gasteiger partial charge in [-0.25, -0.2) is 9.59 Å². The number of carbonyl (C=O) groups excluding carboxylic acids is 2. The minimum Gasteiger partial charge on any atom is -0.450 e. The molecule has 36 heavy (non-hydrogen) atoms. The Morgan fingerprint density at radius 3 is 2.53 bits per heavy atom. The first kappa shape index (κ1) is 25.4. The molecule has 1 aliphatic heterocycles. The largest absolute Gasteiger partial charge is 0.450 e. The molecule has 1 aliphatic rings. The molecule has 3 aromatic rings. The highest BCUT2D eigenvalue weighted by Crippen LogP contribution is 2.26. The van der Waals surface area contributed by atoms with E-state index >= 15 is 0 Å². The number of anilines is 1. The van der Waals surface area contributed by atoms with Crippen molar-refractivity contribution < 1.29 is 18.7 Å². The molecule has 2 amide bonds. The van der Waals surface area contributed by atoms with Crippen molar-refractivity contribution in [2.45, 2.75) is 45.7 Å². The number of amides is 2. The van der Waals surface area contributed by atoms with Gasteiger partial charge in [0, 0.05) is 54.4 Å². The van der Waals surface area contributed by atoms with Crippen molar-refractivity contribution in [3.8, 4) is 0 Å². The molecule has 1 aromatic heterocycles. The summed E-state index contributed by atoms with van der Waals surface area (Å²) in [7, 11) is 0. The standard InChI is InChI=1S/C28H33N3O5/c1-3-14-31(23-12-15-30(16-13-23)27(33)20-8-6-5-7-9-20)19-21-17-26(32)36-25-18-22(10-11-24(21)25)29-28(34)35-4-2/h5-11,17-18,23H,3-4,12-16,19H2,1-2H3,(H,29,34). The Balaban J connectivity index is 1.48. The topological polar surface area (TPSA) is 92.1 Å². The average Bonchev–Trinajstić information content (AvgIpc) is 2.88. The Morgan fingerprint density at radius 1 is 1.08 bits per heavy atom. The lowest BCUT2D eigenvalue weighted by atomic mass is 10.00. The second-order valence-electron chi connectivity index (χ2n) is 9.01. The molecule has 8 heteroatoms. The number of nitrogens with zero attached hydrogens (tertiary/aromatic N) is 2. The number of rotatable bonds is 8. The van der Waals surface area contributed by atoms with Crippen LogP contribution in [0.2, 0.25) is 0 Å². The molecule has 0 aliphatic carbocycles. The molecule has 0 radical (unpaired) electrons. The first-order valence-electron chi connectivity index (χ1n) is 12.6. The van der Waals surface area contributed by atoms with Gasteiger partial charge < -0.3 is 14.1 Å². The van der Waals surface area contributed by atoms with Crippen LogP contribution in [-0.2, 0) is 11.3 Å². The first-order chi connectivity index (χ1) is 17.5. The van der Waals surface area contributed by atoms with Gasteiger partial charge in [-0.05, 0) is 62.6 Å². The minimum absolute atomic E-state index is 0.0787. The van der Waals surface area contributed by atoms with E-state index in [0.29, 0.717) is 36.9 Å². The lowest BCUT2D eigenvalue weighted by molar-refractivity contribution is 0.0607. The summed E-state index contributed by atoms with van der Waals surface area (Å²) in [6.07, 6.45) is 2.19. The molecule has 0 bridgehead atoms. The van der Waals surface area contributed by atoms with Crippen molar-refractivity contribution in [1.29, 1.82) is 0 Å². The van der Waals surface area contributed by atoms with Crippen LogP contribution in [0.4, 0.5) is 10.5 Å². The molecule has 0 atom stereocenters. The van der Waals surface area contributed by atoms with Crippen molar-refractivity contribution in [1.82, 2.24) is 9.80 Å². The van der Waals surface area contributed by atoms with E-state index in [9.17, 15) is 14.4 Å². The predicted molar refractivity (Wildman–Crippen MR) is 139 cm³/mol. The molecule has 0 saturated carbocycles. The van der Waals surface area contributed by atoms with Crippen LogP contribution in [0.15, 0.2) is 63.8 Å². The second kappa shape index (κ2) is 11.9. The summed E-state index contributed by atoms with van der Waals surface area (Å²) in [5.41, 5.74) is 2.11. The third-order valence-electron chi connectivity index (χ3n) is 6.53. The average molecular weight is 492 g/mol. The second-order valence-corrected chi connectivity index (χ2v) is 9.01. The van der Waals surface area contributed by atoms with Crippen LogP contribution >= 0.6 is 0 Å². The van der Waals surface area contributed by atoms with E-state index in [1.54, 1.807) is 25.1 Å². The molecule has 1 saturated heterocycles. The number of nitrogens with one attached hydrogen (secondary N) is 1. The van der Waals surface area contributed by atoms with E-state index in [4.69, 9.17) is 9.15 Å². The Bertz CT molecular complexity index is 1250. The molecule has 190 valence electrons. The number of hydrogen-bond acceptors (Lipinski definition) is 6. The van der Waals surface area contributed by atoms with E-state index in [1.165, 1.54) is 0 Å². The van der Waals surface area contributed by atoms with Crippen molar-refractivity contribution in [2.24, 2.45) is 0 Å². The fourth-order valence-electron chi connectivity index (χ4n) is 4.82. The highest BCUT2D eigenvalue weighted by atomic mass is 16.5. The Labute approximate surface area is 210 Å². The molecule has 0 unspecified atom stereocenters. The van der Waals surface area contributed by atoms with E-state index in [0.717, 1.165) is 42.3 Å². The fraction of sp³-hybridized carbons (Fsp3) is 0.393. The van der Waals surface area contributed by atoms with Crippen molar-refractivity contribution in [3.05, 3.63) is 76.1 Å². The minimum atomic E-state index is -0.554. The van der Waals surface area contributed by atoms with E-state index in [2.05, 4.69) is 17.1 Å². The number of piperidine rings is 1. The molecular formula is C28H33N3O5. The van der Waals surface area contributed by atoms with Gasteiger partial charge in [0.2, 0.25) is 0 Å². The number of carbonyl (C=O) groups is 2. The third-order valence-corrected chi connectivity index (χ3v) is 6.53. The van der Waals surface area contributed by atoms with Gasteiger partial charge in [0.25, 0.3) is 5.91 Å². The Morgan fingerprint density at radius 2 is 1.83 bits per heavy atom. The van der Waals surface area contributed by atoms with Gasteiger partial charge in [-0.1, -0.05) is 25.1 Å². The maximum atomic E-state index is 12.8. The summed E-state index contributed by atoms with van der Waals surface area (Å²) in [6, 6.07) is 16.6. The fourth-order valence-corrected chi connectivity index (χ4v) is 4.82. The monoisotopic (exact) mass is 491 g/mol. The number of benzene rings is 2. The van der Waals surface area contributed by atoms with E-state index < -0.39 is 11.7 Å². The van der Waals surface area contributed by atoms with Crippen molar-refractivity contribution in [3.63, 3.8) is 0 Å². The van der Waals surface area contributed by atoms with Crippen LogP contribution in [0, 0.1) is 0 Å². The molecule has 2 heterocycles. The van der Waals surface area contributed by atoms with Gasteiger partial charge >= 0.3 is 11.7 Å². The summed E-state index contributed by atoms with van der Waals surface area (Å²) in [5.74, 6) is 0.0787. The van der Waals surface area contributed by atoms with E-state index in [-0.39, 0.29) is 12.5 Å². The lowest BCUT2D eigenvalue weighted by Gasteiger charge is -2.38. The van der Waals surface area contributed by atoms with Gasteiger partial charge in [-0.3, -0.25) is 15.0 Å². The van der Waals surface area contributed by atoms with E-state index in [1.807, 2.05) is 41.3 Å². The van der Waals surface area contributed by atoms with Crippen LogP contribution in [-0.4, -0.2) is 54.1 Å². The SMILES string of the molecule is CCCN(Cc1cc(=O)oc2cc(NC(=O)OCC)ccc12)C1CCN(C(=O)c2ccccc2)CC1. The van der Waals surface area contributed by atoms with Gasteiger partial charge in [-0.15, -0.1) is 0 Å². The van der Waals surface area contributed by atoms with Crippen molar-refractivity contribution in [2.75, 3.05) is 31.6 Å². The van der Waals surface area contributed by atoms with Crippen LogP contribution < -0.4 is 10.9 Å². The summed E-state index contributed by atoms with van der Waals surface area (Å²) in [6.45, 7) is 7.06. The predicted octanol–water partition coefficient (Wildman–Crippen LogP) is 4.88. The van der Waals surface area contributed by atoms with Crippen LogP contribution in [0.1, 0.15) is 49.0 Å². The highest BCUT2D eigenvalue weighted by molar-refractivity contribution is 5.94. The maximum absolute atomic E-state index is 12.8. The number of hydrogen-bond donors (Lipinski definition) is 1. The Hall–Kier alpha value is -3.65. The number of likely N-dealkylation sites (tertiary alicyclic amines) is 1. The summed E-state index contributed by atoms with van der Waals surface area (Å²) in [4.78, 5) is 41.3. The molecule has 1 N–H and O–H groups in total. The number of fused-ring (bicyclic) bond motifs is 1. The molecular weight excluding hydrogens is 458 g/mol. The normalized spacial score (nSPS) is 14.2. The van der Waals surface area contributed by atoms with Crippen LogP contribution in [0.3, 0.4) is 0 Å². The van der Waals surface area contributed by atoms with Gasteiger partial charge in [0.15, 0.2) is 0 Å². The van der Waals surface area contributed by atoms with Gasteiger partial charge in [0.1, 0.15) is 5.58 Å². The first-order valence-corrected chi connectivity index (χ1v) is 12.6. The molecule has 2 aromatic carbocycles. The zero-order valence-electron chi connectivity index (χ0n) is 20.9. The quantitative estimate of drug-likeness (QED) is 0.452. The summed E-state index contributed by atoms with van der Waals surface area (Å²) < 4.78 is 10.4. The molecule has 8 nitrogen and oxygen atoms in total. The van der Waals surface area contributed by atoms with Gasteiger partial charge in [0.05, 0.1) is 6.61 Å². The van der Waals surface area contributed by atoms with Crippen molar-refractivity contribution >= 4 is 28.7 Å². The molecule has 0 spiro atoms. The third kappa shape index (κ3) is 6.12. The summed E-state index contributed by atoms with van der Waals surface area (Å²) in [5, 5.41) is 3.48. The lowest BCUT2D eigenvalue weighted by Crippen LogP contribution is -2.46. The zero-order chi connectivity index (χ0) is 25.5. The molecule has 1 fully saturated rings. The van der Waals surface area contributed by atoms with Crippen LogP contribution in [0.5, 0.6) is 0 Å². The van der Waals surface area contributed by atoms with Gasteiger partial charge in [-0.2, -0.15) is 0 Å². The van der Waals surface area contributed by atoms with Crippen LogP contribution in [0.25, 0.3) is 11.0 Å². The smallest absolute Gasteiger partial charge is 0.411 e. The maximum Gasteiger partial charge on any atom is 0.411 e.